The van der Waals surface area contributed by atoms with Gasteiger partial charge in [0.1, 0.15) is 6.54 Å². The predicted molar refractivity (Wildman–Crippen MR) is 130 cm³/mol. The molecule has 0 radical (unpaired) electrons. The molecule has 1 aliphatic rings. The van der Waals surface area contributed by atoms with Gasteiger partial charge in [0, 0.05) is 36.6 Å². The fourth-order valence-electron chi connectivity index (χ4n) is 3.73. The number of fused-ring (bicyclic) bond motifs is 1. The Hall–Kier alpha value is -4.39. The molecule has 1 aliphatic heterocycles. The quantitative estimate of drug-likeness (QED) is 0.510. The number of para-hydroxylation sites is 1. The summed E-state index contributed by atoms with van der Waals surface area (Å²) in [6.07, 6.45) is 0. The Labute approximate surface area is 192 Å². The Morgan fingerprint density at radius 2 is 1.58 bits per heavy atom. The molecular weight excluding hydrogens is 416 g/mol. The first-order chi connectivity index (χ1) is 16.0. The standard InChI is InChI=1S/C26H24N4O3/c1-17(31)30(16-23(32)27-2)20-14-12-19(13-15-20)28-25(18-8-4-3-5-9-18)24-21-10-6-7-11-22(21)29-26(24)33/h3-15,28H,16H2,1-2H3,(H,27,32)(H,29,33)/b25-24-. The van der Waals surface area contributed by atoms with Crippen LogP contribution in [0.2, 0.25) is 0 Å². The molecule has 3 aromatic carbocycles. The van der Waals surface area contributed by atoms with Crippen LogP contribution >= 0.6 is 0 Å². The van der Waals surface area contributed by atoms with Gasteiger partial charge in [0.15, 0.2) is 0 Å². The van der Waals surface area contributed by atoms with Crippen LogP contribution in [-0.4, -0.2) is 31.3 Å². The van der Waals surface area contributed by atoms with Crippen LogP contribution < -0.4 is 20.9 Å². The zero-order valence-electron chi connectivity index (χ0n) is 18.4. The molecule has 0 aliphatic carbocycles. The second-order valence-corrected chi connectivity index (χ2v) is 7.57. The molecule has 7 heteroatoms. The molecule has 0 aromatic heterocycles. The number of hydrogen-bond acceptors (Lipinski definition) is 4. The van der Waals surface area contributed by atoms with Crippen molar-refractivity contribution in [3.8, 4) is 0 Å². The van der Waals surface area contributed by atoms with Gasteiger partial charge in [-0.1, -0.05) is 48.5 Å². The number of rotatable bonds is 6. The Morgan fingerprint density at radius 1 is 0.909 bits per heavy atom. The number of likely N-dealkylation sites (N-methyl/N-ethyl adjacent to an activating group) is 1. The van der Waals surface area contributed by atoms with E-state index in [4.69, 9.17) is 0 Å². The van der Waals surface area contributed by atoms with E-state index in [2.05, 4.69) is 16.0 Å². The summed E-state index contributed by atoms with van der Waals surface area (Å²) in [5.41, 5.74) is 5.06. The normalized spacial score (nSPS) is 13.6. The van der Waals surface area contributed by atoms with E-state index in [1.165, 1.54) is 18.9 Å². The van der Waals surface area contributed by atoms with Gasteiger partial charge in [0.25, 0.3) is 5.91 Å². The third-order valence-electron chi connectivity index (χ3n) is 5.39. The molecule has 4 rings (SSSR count). The van der Waals surface area contributed by atoms with Crippen molar-refractivity contribution in [2.24, 2.45) is 0 Å². The van der Waals surface area contributed by atoms with Gasteiger partial charge in [0.05, 0.1) is 11.3 Å². The summed E-state index contributed by atoms with van der Waals surface area (Å²) in [5.74, 6) is -0.660. The summed E-state index contributed by atoms with van der Waals surface area (Å²) >= 11 is 0. The van der Waals surface area contributed by atoms with E-state index in [1.807, 2.05) is 66.7 Å². The van der Waals surface area contributed by atoms with Crippen molar-refractivity contribution in [3.63, 3.8) is 0 Å². The predicted octanol–water partition coefficient (Wildman–Crippen LogP) is 3.72. The minimum Gasteiger partial charge on any atom is -0.358 e. The lowest BCUT2D eigenvalue weighted by Crippen LogP contribution is -2.38. The van der Waals surface area contributed by atoms with Gasteiger partial charge in [0.2, 0.25) is 11.8 Å². The average molecular weight is 441 g/mol. The molecule has 33 heavy (non-hydrogen) atoms. The van der Waals surface area contributed by atoms with Gasteiger partial charge in [-0.2, -0.15) is 0 Å². The number of anilines is 3. The molecular formula is C26H24N4O3. The molecule has 0 bridgehead atoms. The maximum Gasteiger partial charge on any atom is 0.258 e. The molecule has 0 unspecified atom stereocenters. The average Bonchev–Trinajstić information content (AvgIpc) is 3.17. The Kier molecular flexibility index (Phi) is 6.22. The Bertz CT molecular complexity index is 1230. The molecule has 0 saturated heterocycles. The van der Waals surface area contributed by atoms with Crippen LogP contribution in [0.15, 0.2) is 78.9 Å². The van der Waals surface area contributed by atoms with E-state index in [0.717, 1.165) is 22.5 Å². The lowest BCUT2D eigenvalue weighted by molar-refractivity contribution is -0.122. The highest BCUT2D eigenvalue weighted by molar-refractivity contribution is 6.37. The summed E-state index contributed by atoms with van der Waals surface area (Å²) in [5, 5.41) is 8.85. The molecule has 3 amide bonds. The van der Waals surface area contributed by atoms with Crippen LogP contribution in [0.5, 0.6) is 0 Å². The summed E-state index contributed by atoms with van der Waals surface area (Å²) in [6.45, 7) is 1.36. The largest absolute Gasteiger partial charge is 0.358 e. The fraction of sp³-hybridized carbons (Fsp3) is 0.115. The monoisotopic (exact) mass is 440 g/mol. The van der Waals surface area contributed by atoms with Gasteiger partial charge in [-0.05, 0) is 35.9 Å². The number of nitrogens with one attached hydrogen (secondary N) is 3. The second-order valence-electron chi connectivity index (χ2n) is 7.57. The molecule has 1 heterocycles. The van der Waals surface area contributed by atoms with Gasteiger partial charge >= 0.3 is 0 Å². The molecule has 3 aromatic rings. The number of carbonyl (C=O) groups excluding carboxylic acids is 3. The van der Waals surface area contributed by atoms with Crippen molar-refractivity contribution in [2.75, 3.05) is 29.1 Å². The van der Waals surface area contributed by atoms with Crippen LogP contribution in [0.25, 0.3) is 11.3 Å². The molecule has 3 N–H and O–H groups in total. The van der Waals surface area contributed by atoms with Crippen LogP contribution in [0, 0.1) is 0 Å². The van der Waals surface area contributed by atoms with Crippen LogP contribution in [0.3, 0.4) is 0 Å². The van der Waals surface area contributed by atoms with E-state index in [0.29, 0.717) is 17.0 Å². The lowest BCUT2D eigenvalue weighted by Gasteiger charge is -2.21. The molecule has 0 atom stereocenters. The molecule has 0 spiro atoms. The van der Waals surface area contributed by atoms with Crippen molar-refractivity contribution in [2.45, 2.75) is 6.92 Å². The lowest BCUT2D eigenvalue weighted by atomic mass is 10.00. The van der Waals surface area contributed by atoms with Gasteiger partial charge in [-0.25, -0.2) is 0 Å². The molecule has 7 nitrogen and oxygen atoms in total. The summed E-state index contributed by atoms with van der Waals surface area (Å²) < 4.78 is 0. The van der Waals surface area contributed by atoms with Gasteiger partial charge in [-0.3, -0.25) is 14.4 Å². The van der Waals surface area contributed by atoms with Crippen LogP contribution in [0.1, 0.15) is 18.1 Å². The number of nitrogens with zero attached hydrogens (tertiary/aromatic N) is 1. The minimum atomic E-state index is -0.255. The summed E-state index contributed by atoms with van der Waals surface area (Å²) in [4.78, 5) is 38.1. The first kappa shape index (κ1) is 21.8. The number of carbonyl (C=O) groups is 3. The summed E-state index contributed by atoms with van der Waals surface area (Å²) in [6, 6.07) is 24.4. The van der Waals surface area contributed by atoms with Gasteiger partial charge in [-0.15, -0.1) is 0 Å². The highest BCUT2D eigenvalue weighted by atomic mass is 16.2. The zero-order chi connectivity index (χ0) is 23.4. The Balaban J connectivity index is 1.71. The van der Waals surface area contributed by atoms with Crippen LogP contribution in [0.4, 0.5) is 17.1 Å². The van der Waals surface area contributed by atoms with Gasteiger partial charge < -0.3 is 20.9 Å². The number of benzene rings is 3. The molecule has 0 fully saturated rings. The molecule has 0 saturated carbocycles. The highest BCUT2D eigenvalue weighted by Gasteiger charge is 2.28. The van der Waals surface area contributed by atoms with Crippen molar-refractivity contribution >= 4 is 46.1 Å². The SMILES string of the molecule is CNC(=O)CN(C(C)=O)c1ccc(N/C(=C2\C(=O)Nc3ccccc32)c2ccccc2)cc1. The summed E-state index contributed by atoms with van der Waals surface area (Å²) in [7, 11) is 1.53. The van der Waals surface area contributed by atoms with Crippen LogP contribution in [-0.2, 0) is 14.4 Å². The maximum absolute atomic E-state index is 12.9. The van der Waals surface area contributed by atoms with E-state index < -0.39 is 0 Å². The van der Waals surface area contributed by atoms with E-state index in [1.54, 1.807) is 12.1 Å². The number of amides is 3. The highest BCUT2D eigenvalue weighted by Crippen LogP contribution is 2.37. The first-order valence-corrected chi connectivity index (χ1v) is 10.5. The van der Waals surface area contributed by atoms with Crippen molar-refractivity contribution < 1.29 is 14.4 Å². The second kappa shape index (κ2) is 9.40. The third kappa shape index (κ3) is 4.62. The third-order valence-corrected chi connectivity index (χ3v) is 5.39. The number of hydrogen-bond donors (Lipinski definition) is 3. The first-order valence-electron chi connectivity index (χ1n) is 10.5. The van der Waals surface area contributed by atoms with Crippen molar-refractivity contribution in [1.29, 1.82) is 0 Å². The van der Waals surface area contributed by atoms with Crippen molar-refractivity contribution in [3.05, 3.63) is 90.0 Å². The maximum atomic E-state index is 12.9. The smallest absolute Gasteiger partial charge is 0.258 e. The zero-order valence-corrected chi connectivity index (χ0v) is 18.4. The van der Waals surface area contributed by atoms with E-state index in [-0.39, 0.29) is 24.3 Å². The molecule has 166 valence electrons. The topological polar surface area (TPSA) is 90.5 Å². The minimum absolute atomic E-state index is 0.0606. The Morgan fingerprint density at radius 3 is 2.24 bits per heavy atom. The van der Waals surface area contributed by atoms with E-state index >= 15 is 0 Å². The van der Waals surface area contributed by atoms with E-state index in [9.17, 15) is 14.4 Å². The fourth-order valence-corrected chi connectivity index (χ4v) is 3.73. The van der Waals surface area contributed by atoms with Crippen molar-refractivity contribution in [1.82, 2.24) is 5.32 Å².